The first-order chi connectivity index (χ1) is 6.63. The minimum Gasteiger partial charge on any atom is -0.381 e. The van der Waals surface area contributed by atoms with Crippen molar-refractivity contribution in [3.8, 4) is 0 Å². The summed E-state index contributed by atoms with van der Waals surface area (Å²) in [5, 5.41) is 3.66. The van der Waals surface area contributed by atoms with Crippen molar-refractivity contribution in [1.82, 2.24) is 4.98 Å². The topological polar surface area (TPSA) is 34.1 Å². The van der Waals surface area contributed by atoms with Crippen LogP contribution in [0.15, 0.2) is 16.7 Å². The minimum absolute atomic E-state index is 0.171. The van der Waals surface area contributed by atoms with E-state index in [2.05, 4.69) is 26.2 Å². The van der Waals surface area contributed by atoms with Crippen molar-refractivity contribution in [3.05, 3.63) is 21.9 Å². The zero-order valence-corrected chi connectivity index (χ0v) is 10.4. The average Bonchev–Trinajstić information content (AvgIpc) is 2.19. The molecule has 5 heteroatoms. The van der Waals surface area contributed by atoms with Crippen molar-refractivity contribution in [3.63, 3.8) is 0 Å². The predicted molar refractivity (Wildman–Crippen MR) is 61.9 cm³/mol. The Morgan fingerprint density at radius 2 is 2.43 bits per heavy atom. The molecule has 0 saturated heterocycles. The predicted octanol–water partition coefficient (Wildman–Crippen LogP) is 2.94. The number of hydrogen-bond donors (Lipinski definition) is 1. The highest BCUT2D eigenvalue weighted by atomic mass is 79.9. The van der Waals surface area contributed by atoms with Crippen LogP contribution in [0.25, 0.3) is 0 Å². The Kier molecular flexibility index (Phi) is 4.65. The molecule has 1 atom stereocenters. The Morgan fingerprint density at radius 1 is 1.71 bits per heavy atom. The maximum absolute atomic E-state index is 5.76. The number of pyridine rings is 1. The SMILES string of the molecule is COC(C)CNc1cnc(Cl)c(Br)c1. The molecule has 0 fully saturated rings. The standard InChI is InChI=1S/C9H12BrClN2O/c1-6(14-2)4-12-7-3-8(10)9(11)13-5-7/h3,5-6,12H,4H2,1-2H3. The van der Waals surface area contributed by atoms with Gasteiger partial charge in [0, 0.05) is 13.7 Å². The van der Waals surface area contributed by atoms with Gasteiger partial charge < -0.3 is 10.1 Å². The Morgan fingerprint density at radius 3 is 3.00 bits per heavy atom. The third-order valence-electron chi connectivity index (χ3n) is 1.79. The number of nitrogens with zero attached hydrogens (tertiary/aromatic N) is 1. The van der Waals surface area contributed by atoms with Gasteiger partial charge in [0.15, 0.2) is 0 Å². The maximum atomic E-state index is 5.76. The first-order valence-electron chi connectivity index (χ1n) is 4.21. The zero-order chi connectivity index (χ0) is 10.6. The Bertz CT molecular complexity index is 309. The summed E-state index contributed by atoms with van der Waals surface area (Å²) in [6, 6.07) is 1.89. The number of nitrogens with one attached hydrogen (secondary N) is 1. The first kappa shape index (κ1) is 11.8. The van der Waals surface area contributed by atoms with Crippen LogP contribution in [0, 0.1) is 0 Å². The van der Waals surface area contributed by atoms with Gasteiger partial charge in [0.25, 0.3) is 0 Å². The molecule has 0 amide bonds. The van der Waals surface area contributed by atoms with Gasteiger partial charge in [0.05, 0.1) is 22.5 Å². The smallest absolute Gasteiger partial charge is 0.143 e. The van der Waals surface area contributed by atoms with Crippen molar-refractivity contribution in [2.24, 2.45) is 0 Å². The third kappa shape index (κ3) is 3.44. The lowest BCUT2D eigenvalue weighted by Gasteiger charge is -2.11. The van der Waals surface area contributed by atoms with Gasteiger partial charge >= 0.3 is 0 Å². The van der Waals surface area contributed by atoms with E-state index in [-0.39, 0.29) is 6.10 Å². The van der Waals surface area contributed by atoms with Gasteiger partial charge in [-0.1, -0.05) is 11.6 Å². The molecule has 0 aromatic carbocycles. The highest BCUT2D eigenvalue weighted by Crippen LogP contribution is 2.22. The maximum Gasteiger partial charge on any atom is 0.143 e. The number of aromatic nitrogens is 1. The van der Waals surface area contributed by atoms with E-state index in [4.69, 9.17) is 16.3 Å². The summed E-state index contributed by atoms with van der Waals surface area (Å²) in [6.45, 7) is 2.73. The molecule has 14 heavy (non-hydrogen) atoms. The molecular formula is C9H12BrClN2O. The van der Waals surface area contributed by atoms with Gasteiger partial charge in [-0.2, -0.15) is 0 Å². The van der Waals surface area contributed by atoms with E-state index in [1.165, 1.54) is 0 Å². The fraction of sp³-hybridized carbons (Fsp3) is 0.444. The van der Waals surface area contributed by atoms with E-state index in [9.17, 15) is 0 Å². The molecule has 1 unspecified atom stereocenters. The molecule has 0 radical (unpaired) electrons. The quantitative estimate of drug-likeness (QED) is 0.861. The van der Waals surface area contributed by atoms with E-state index in [1.54, 1.807) is 13.3 Å². The second-order valence-corrected chi connectivity index (χ2v) is 4.14. The summed E-state index contributed by atoms with van der Waals surface area (Å²) in [5.41, 5.74) is 0.921. The average molecular weight is 280 g/mol. The molecule has 1 N–H and O–H groups in total. The molecule has 0 aliphatic rings. The first-order valence-corrected chi connectivity index (χ1v) is 5.38. The number of ether oxygens (including phenoxy) is 1. The minimum atomic E-state index is 0.171. The summed E-state index contributed by atoms with van der Waals surface area (Å²) in [7, 11) is 1.68. The molecule has 1 aromatic heterocycles. The van der Waals surface area contributed by atoms with Gasteiger partial charge in [0.2, 0.25) is 0 Å². The highest BCUT2D eigenvalue weighted by molar-refractivity contribution is 9.10. The van der Waals surface area contributed by atoms with Gasteiger partial charge in [-0.15, -0.1) is 0 Å². The molecule has 1 heterocycles. The van der Waals surface area contributed by atoms with Gasteiger partial charge in [0.1, 0.15) is 5.15 Å². The fourth-order valence-electron chi connectivity index (χ4n) is 0.863. The fourth-order valence-corrected chi connectivity index (χ4v) is 1.32. The molecule has 3 nitrogen and oxygen atoms in total. The Labute approximate surface area is 96.9 Å². The highest BCUT2D eigenvalue weighted by Gasteiger charge is 2.02. The molecule has 1 aromatic rings. The summed E-state index contributed by atoms with van der Waals surface area (Å²) >= 11 is 9.06. The van der Waals surface area contributed by atoms with E-state index in [1.807, 2.05) is 13.0 Å². The molecule has 0 saturated carbocycles. The summed E-state index contributed by atoms with van der Waals surface area (Å²) in [6.07, 6.45) is 1.86. The normalized spacial score (nSPS) is 12.6. The van der Waals surface area contributed by atoms with E-state index in [0.717, 1.165) is 16.7 Å². The van der Waals surface area contributed by atoms with Crippen molar-refractivity contribution in [2.75, 3.05) is 19.0 Å². The van der Waals surface area contributed by atoms with Crippen LogP contribution in [0.2, 0.25) is 5.15 Å². The lowest BCUT2D eigenvalue weighted by atomic mass is 10.3. The van der Waals surface area contributed by atoms with Crippen molar-refractivity contribution in [1.29, 1.82) is 0 Å². The molecule has 0 aliphatic carbocycles. The Balaban J connectivity index is 2.55. The third-order valence-corrected chi connectivity index (χ3v) is 2.93. The number of halogens is 2. The lowest BCUT2D eigenvalue weighted by Crippen LogP contribution is -2.18. The largest absolute Gasteiger partial charge is 0.381 e. The van der Waals surface area contributed by atoms with Gasteiger partial charge in [-0.05, 0) is 28.9 Å². The van der Waals surface area contributed by atoms with Crippen molar-refractivity contribution < 1.29 is 4.74 Å². The second kappa shape index (κ2) is 5.53. The van der Waals surface area contributed by atoms with Crippen LogP contribution in [0.3, 0.4) is 0 Å². The molecule has 0 spiro atoms. The summed E-state index contributed by atoms with van der Waals surface area (Å²) in [5.74, 6) is 0. The van der Waals surface area contributed by atoms with Crippen molar-refractivity contribution >= 4 is 33.2 Å². The zero-order valence-electron chi connectivity index (χ0n) is 8.05. The van der Waals surface area contributed by atoms with Crippen LogP contribution in [0.5, 0.6) is 0 Å². The molecule has 0 bridgehead atoms. The number of hydrogen-bond acceptors (Lipinski definition) is 3. The number of anilines is 1. The molecular weight excluding hydrogens is 267 g/mol. The second-order valence-electron chi connectivity index (χ2n) is 2.92. The van der Waals surface area contributed by atoms with Gasteiger partial charge in [-0.25, -0.2) is 4.98 Å². The van der Waals surface area contributed by atoms with Crippen LogP contribution in [-0.2, 0) is 4.74 Å². The van der Waals surface area contributed by atoms with E-state index >= 15 is 0 Å². The summed E-state index contributed by atoms with van der Waals surface area (Å²) in [4.78, 5) is 4.00. The van der Waals surface area contributed by atoms with Crippen LogP contribution >= 0.6 is 27.5 Å². The monoisotopic (exact) mass is 278 g/mol. The van der Waals surface area contributed by atoms with E-state index < -0.39 is 0 Å². The number of methoxy groups -OCH3 is 1. The van der Waals surface area contributed by atoms with Crippen LogP contribution in [0.4, 0.5) is 5.69 Å². The van der Waals surface area contributed by atoms with Crippen LogP contribution in [-0.4, -0.2) is 24.7 Å². The lowest BCUT2D eigenvalue weighted by molar-refractivity contribution is 0.129. The molecule has 1 rings (SSSR count). The molecule has 0 aliphatic heterocycles. The number of rotatable bonds is 4. The van der Waals surface area contributed by atoms with Crippen LogP contribution < -0.4 is 5.32 Å². The van der Waals surface area contributed by atoms with E-state index in [0.29, 0.717) is 5.15 Å². The Hall–Kier alpha value is -0.320. The molecule has 78 valence electrons. The van der Waals surface area contributed by atoms with Crippen molar-refractivity contribution in [2.45, 2.75) is 13.0 Å². The summed E-state index contributed by atoms with van der Waals surface area (Å²) < 4.78 is 5.89. The van der Waals surface area contributed by atoms with Crippen LogP contribution in [0.1, 0.15) is 6.92 Å². The van der Waals surface area contributed by atoms with Gasteiger partial charge in [-0.3, -0.25) is 0 Å².